The number of rotatable bonds is 6. The monoisotopic (exact) mass is 286 g/mol. The predicted octanol–water partition coefficient (Wildman–Crippen LogP) is 1.73. The Labute approximate surface area is 124 Å². The van der Waals surface area contributed by atoms with E-state index < -0.39 is 0 Å². The number of nitrogens with two attached hydrogens (primary N) is 1. The van der Waals surface area contributed by atoms with Crippen molar-refractivity contribution in [1.82, 2.24) is 0 Å². The van der Waals surface area contributed by atoms with E-state index >= 15 is 0 Å². The minimum atomic E-state index is 0.334. The lowest BCUT2D eigenvalue weighted by atomic mass is 10.1. The summed E-state index contributed by atoms with van der Waals surface area (Å²) >= 11 is 0. The van der Waals surface area contributed by atoms with Gasteiger partial charge in [0.1, 0.15) is 12.3 Å². The average molecular weight is 286 g/mol. The molecule has 0 aliphatic carbocycles. The molecule has 0 unspecified atom stereocenters. The Morgan fingerprint density at radius 2 is 1.95 bits per heavy atom. The lowest BCUT2D eigenvalue weighted by Gasteiger charge is -2.05. The van der Waals surface area contributed by atoms with Crippen LogP contribution in [0, 0.1) is 0 Å². The van der Waals surface area contributed by atoms with E-state index in [1.54, 1.807) is 7.11 Å². The van der Waals surface area contributed by atoms with Gasteiger partial charge in [-0.25, -0.2) is 0 Å². The lowest BCUT2D eigenvalue weighted by molar-refractivity contribution is -0.670. The van der Waals surface area contributed by atoms with Gasteiger partial charge in [0.15, 0.2) is 11.5 Å². The maximum absolute atomic E-state index is 5.39. The Morgan fingerprint density at radius 3 is 2.86 bits per heavy atom. The van der Waals surface area contributed by atoms with Crippen LogP contribution >= 0.6 is 0 Å². The predicted molar refractivity (Wildman–Crippen MR) is 79.8 cm³/mol. The van der Waals surface area contributed by atoms with Gasteiger partial charge in [0, 0.05) is 12.0 Å². The zero-order valence-electron chi connectivity index (χ0n) is 12.2. The third-order valence-electron chi connectivity index (χ3n) is 3.59. The van der Waals surface area contributed by atoms with Crippen LogP contribution in [-0.2, 0) is 13.0 Å². The van der Waals surface area contributed by atoms with E-state index in [1.165, 1.54) is 11.1 Å². The molecular formula is C17H20NO3+. The summed E-state index contributed by atoms with van der Waals surface area (Å²) in [4.78, 5) is 0. The molecule has 110 valence electrons. The lowest BCUT2D eigenvalue weighted by Crippen LogP contribution is -2.83. The Bertz CT molecular complexity index is 613. The van der Waals surface area contributed by atoms with Crippen LogP contribution in [0.15, 0.2) is 42.5 Å². The highest BCUT2D eigenvalue weighted by atomic mass is 16.7. The molecule has 1 aliphatic heterocycles. The van der Waals surface area contributed by atoms with Crippen molar-refractivity contribution in [3.8, 4) is 17.2 Å². The van der Waals surface area contributed by atoms with Crippen LogP contribution < -0.4 is 19.5 Å². The molecule has 0 saturated carbocycles. The van der Waals surface area contributed by atoms with Gasteiger partial charge in [0.05, 0.1) is 13.7 Å². The van der Waals surface area contributed by atoms with Crippen LogP contribution in [-0.4, -0.2) is 20.4 Å². The number of fused-ring (bicyclic) bond motifs is 1. The van der Waals surface area contributed by atoms with E-state index in [9.17, 15) is 0 Å². The topological polar surface area (TPSA) is 44.3 Å². The fourth-order valence-corrected chi connectivity index (χ4v) is 2.43. The molecule has 0 radical (unpaired) electrons. The van der Waals surface area contributed by atoms with E-state index in [0.29, 0.717) is 6.79 Å². The zero-order chi connectivity index (χ0) is 14.5. The third kappa shape index (κ3) is 3.47. The smallest absolute Gasteiger partial charge is 0.231 e. The van der Waals surface area contributed by atoms with Crippen LogP contribution in [0.1, 0.15) is 11.1 Å². The quantitative estimate of drug-likeness (QED) is 0.823. The van der Waals surface area contributed by atoms with Gasteiger partial charge < -0.3 is 19.5 Å². The molecule has 0 fully saturated rings. The van der Waals surface area contributed by atoms with Crippen molar-refractivity contribution in [2.24, 2.45) is 0 Å². The molecule has 0 amide bonds. The second kappa shape index (κ2) is 6.50. The fourth-order valence-electron chi connectivity index (χ4n) is 2.43. The van der Waals surface area contributed by atoms with Crippen molar-refractivity contribution in [3.05, 3.63) is 53.6 Å². The summed E-state index contributed by atoms with van der Waals surface area (Å²) in [7, 11) is 1.70. The normalized spacial score (nSPS) is 12.4. The molecule has 4 nitrogen and oxygen atoms in total. The van der Waals surface area contributed by atoms with Crippen LogP contribution in [0.4, 0.5) is 0 Å². The summed E-state index contributed by atoms with van der Waals surface area (Å²) in [5.41, 5.74) is 2.56. The number of hydrogen-bond donors (Lipinski definition) is 1. The zero-order valence-corrected chi connectivity index (χ0v) is 12.2. The largest absolute Gasteiger partial charge is 0.497 e. The Morgan fingerprint density at radius 1 is 1.05 bits per heavy atom. The minimum absolute atomic E-state index is 0.334. The van der Waals surface area contributed by atoms with Crippen LogP contribution in [0.2, 0.25) is 0 Å². The number of ether oxygens (including phenoxy) is 3. The van der Waals surface area contributed by atoms with Crippen molar-refractivity contribution in [2.45, 2.75) is 13.0 Å². The molecule has 4 heteroatoms. The molecule has 0 atom stereocenters. The molecule has 3 rings (SSSR count). The van der Waals surface area contributed by atoms with Crippen molar-refractivity contribution in [2.75, 3.05) is 20.4 Å². The molecule has 0 aromatic heterocycles. The molecule has 0 saturated heterocycles. The van der Waals surface area contributed by atoms with Gasteiger partial charge in [0.2, 0.25) is 6.79 Å². The molecule has 21 heavy (non-hydrogen) atoms. The molecule has 1 heterocycles. The van der Waals surface area contributed by atoms with Crippen molar-refractivity contribution in [1.29, 1.82) is 0 Å². The first-order valence-corrected chi connectivity index (χ1v) is 7.18. The first kappa shape index (κ1) is 13.8. The summed E-state index contributed by atoms with van der Waals surface area (Å²) < 4.78 is 15.9. The molecule has 2 N–H and O–H groups in total. The van der Waals surface area contributed by atoms with Gasteiger partial charge in [0.25, 0.3) is 0 Å². The first-order valence-electron chi connectivity index (χ1n) is 7.18. The highest BCUT2D eigenvalue weighted by Gasteiger charge is 2.13. The highest BCUT2D eigenvalue weighted by molar-refractivity contribution is 5.44. The summed E-state index contributed by atoms with van der Waals surface area (Å²) in [5, 5.41) is 2.30. The van der Waals surface area contributed by atoms with Crippen LogP contribution in [0.25, 0.3) is 0 Å². The van der Waals surface area contributed by atoms with Gasteiger partial charge in [-0.1, -0.05) is 18.2 Å². The summed E-state index contributed by atoms with van der Waals surface area (Å²) in [6.07, 6.45) is 1.01. The average Bonchev–Trinajstić information content (AvgIpc) is 2.99. The molecule has 0 bridgehead atoms. The maximum Gasteiger partial charge on any atom is 0.231 e. The van der Waals surface area contributed by atoms with E-state index in [2.05, 4.69) is 29.6 Å². The second-order valence-corrected chi connectivity index (χ2v) is 5.07. The SMILES string of the molecule is COc1cccc(C[NH2+]CCc2ccc3c(c2)OCO3)c1. The number of methoxy groups -OCH3 is 1. The van der Waals surface area contributed by atoms with E-state index in [1.807, 2.05) is 18.2 Å². The van der Waals surface area contributed by atoms with Gasteiger partial charge in [-0.05, 0) is 29.8 Å². The van der Waals surface area contributed by atoms with Gasteiger partial charge in [-0.2, -0.15) is 0 Å². The number of benzene rings is 2. The van der Waals surface area contributed by atoms with Gasteiger partial charge >= 0.3 is 0 Å². The van der Waals surface area contributed by atoms with Gasteiger partial charge in [-0.15, -0.1) is 0 Å². The second-order valence-electron chi connectivity index (χ2n) is 5.07. The summed E-state index contributed by atoms with van der Waals surface area (Å²) in [6.45, 7) is 2.33. The molecule has 2 aromatic carbocycles. The minimum Gasteiger partial charge on any atom is -0.497 e. The fraction of sp³-hybridized carbons (Fsp3) is 0.294. The standard InChI is InChI=1S/C17H19NO3/c1-19-15-4-2-3-14(9-15)11-18-8-7-13-5-6-16-17(10-13)21-12-20-16/h2-6,9-10,18H,7-8,11-12H2,1H3/p+1. The number of quaternary nitrogens is 1. The Hall–Kier alpha value is -2.20. The van der Waals surface area contributed by atoms with E-state index in [-0.39, 0.29) is 0 Å². The van der Waals surface area contributed by atoms with Crippen LogP contribution in [0.5, 0.6) is 17.2 Å². The summed E-state index contributed by atoms with van der Waals surface area (Å²) in [6, 6.07) is 14.4. The summed E-state index contributed by atoms with van der Waals surface area (Å²) in [5.74, 6) is 2.62. The van der Waals surface area contributed by atoms with E-state index in [4.69, 9.17) is 14.2 Å². The third-order valence-corrected chi connectivity index (χ3v) is 3.59. The van der Waals surface area contributed by atoms with E-state index in [0.717, 1.165) is 36.8 Å². The van der Waals surface area contributed by atoms with Crippen molar-refractivity contribution >= 4 is 0 Å². The number of hydrogen-bond acceptors (Lipinski definition) is 3. The first-order chi connectivity index (χ1) is 10.3. The maximum atomic E-state index is 5.39. The Balaban J connectivity index is 1.47. The van der Waals surface area contributed by atoms with Crippen LogP contribution in [0.3, 0.4) is 0 Å². The molecule has 1 aliphatic rings. The van der Waals surface area contributed by atoms with Crippen molar-refractivity contribution in [3.63, 3.8) is 0 Å². The van der Waals surface area contributed by atoms with Crippen molar-refractivity contribution < 1.29 is 19.5 Å². The Kier molecular flexibility index (Phi) is 4.26. The molecule has 0 spiro atoms. The molecular weight excluding hydrogens is 266 g/mol. The van der Waals surface area contributed by atoms with Gasteiger partial charge in [-0.3, -0.25) is 0 Å². The molecule has 2 aromatic rings. The highest BCUT2D eigenvalue weighted by Crippen LogP contribution is 2.32.